The molecule has 13 heteroatoms. The molecule has 0 spiro atoms. The highest BCUT2D eigenvalue weighted by atomic mass is 35.5. The van der Waals surface area contributed by atoms with Crippen molar-refractivity contribution in [1.82, 2.24) is 29.2 Å². The number of imidazole rings is 1. The van der Waals surface area contributed by atoms with E-state index in [1.165, 1.54) is 25.7 Å². The summed E-state index contributed by atoms with van der Waals surface area (Å²) < 4.78 is 3.49. The van der Waals surface area contributed by atoms with Gasteiger partial charge in [0, 0.05) is 51.5 Å². The molecule has 0 saturated heterocycles. The van der Waals surface area contributed by atoms with E-state index in [0.29, 0.717) is 33.3 Å². The second-order valence-corrected chi connectivity index (χ2v) is 13.9. The first kappa shape index (κ1) is 35.1. The molecule has 10 nitrogen and oxygen atoms in total. The maximum atomic E-state index is 6.11. The summed E-state index contributed by atoms with van der Waals surface area (Å²) in [5, 5.41) is 13.9. The predicted octanol–water partition coefficient (Wildman–Crippen LogP) is 7.65. The zero-order valence-corrected chi connectivity index (χ0v) is 29.4. The summed E-state index contributed by atoms with van der Waals surface area (Å²) in [6.45, 7) is 0. The van der Waals surface area contributed by atoms with Crippen molar-refractivity contribution in [3.8, 4) is 22.4 Å². The summed E-state index contributed by atoms with van der Waals surface area (Å²) in [4.78, 5) is 9.03. The number of hydrogen-bond donors (Lipinski definition) is 4. The molecule has 2 saturated carbocycles. The van der Waals surface area contributed by atoms with E-state index in [2.05, 4.69) is 20.5 Å². The number of rotatable bonds is 4. The fourth-order valence-electron chi connectivity index (χ4n) is 6.34. The van der Waals surface area contributed by atoms with Gasteiger partial charge in [-0.25, -0.2) is 19.0 Å². The summed E-state index contributed by atoms with van der Waals surface area (Å²) >= 11 is 18.0. The molecule has 2 aliphatic carbocycles. The fourth-order valence-corrected chi connectivity index (χ4v) is 6.86. The summed E-state index contributed by atoms with van der Waals surface area (Å²) in [6, 6.07) is 22.2. The predicted molar refractivity (Wildman–Crippen MR) is 200 cm³/mol. The van der Waals surface area contributed by atoms with E-state index in [1.807, 2.05) is 73.1 Å². The van der Waals surface area contributed by atoms with Crippen LogP contribution in [0.15, 0.2) is 85.3 Å². The number of hydrogen-bond acceptors (Lipinski definition) is 8. The standard InChI is InChI=1S/C18H20ClN5.C12H7Cl2N3.C6H14N2/c19-13-4-1-3-12(9-13)16-11-21-24-8-7-17(23-18(16)24)22-15-6-2-5-14(20)10-15;13-9-3-1-2-8(6-9)10-7-15-12-5-4-11(14)16-17(10)12;7-5-2-1-3-6(8)4-5/h1,3-4,7-9,11,14-15H,2,5-6,10,20H2,(H,22,23);1-7H;5-6H,1-4,7-8H2. The van der Waals surface area contributed by atoms with Crippen LogP contribution in [0.2, 0.25) is 15.2 Å². The quantitative estimate of drug-likeness (QED) is 0.145. The van der Waals surface area contributed by atoms with Crippen LogP contribution in [0.25, 0.3) is 33.7 Å². The largest absolute Gasteiger partial charge is 0.367 e. The lowest BCUT2D eigenvalue weighted by Crippen LogP contribution is -2.35. The molecule has 4 atom stereocenters. The Balaban J connectivity index is 0.000000144. The van der Waals surface area contributed by atoms with Gasteiger partial charge in [-0.15, -0.1) is 0 Å². The summed E-state index contributed by atoms with van der Waals surface area (Å²) in [7, 11) is 0. The molecule has 6 aromatic rings. The van der Waals surface area contributed by atoms with E-state index in [4.69, 9.17) is 57.0 Å². The Morgan fingerprint density at radius 2 is 1.41 bits per heavy atom. The molecule has 2 aromatic carbocycles. The van der Waals surface area contributed by atoms with Gasteiger partial charge in [-0.3, -0.25) is 0 Å². The number of anilines is 1. The van der Waals surface area contributed by atoms with Gasteiger partial charge in [0.2, 0.25) is 0 Å². The monoisotopic (exact) mass is 718 g/mol. The van der Waals surface area contributed by atoms with Gasteiger partial charge in [0.05, 0.1) is 18.1 Å². The molecule has 4 unspecified atom stereocenters. The van der Waals surface area contributed by atoms with Gasteiger partial charge < -0.3 is 22.5 Å². The molecule has 0 bridgehead atoms. The lowest BCUT2D eigenvalue weighted by atomic mass is 9.92. The molecule has 0 amide bonds. The van der Waals surface area contributed by atoms with Crippen LogP contribution in [0.1, 0.15) is 51.4 Å². The molecule has 49 heavy (non-hydrogen) atoms. The third-order valence-electron chi connectivity index (χ3n) is 8.78. The highest BCUT2D eigenvalue weighted by Gasteiger charge is 2.20. The Morgan fingerprint density at radius 3 is 2.08 bits per heavy atom. The first-order valence-corrected chi connectivity index (χ1v) is 17.7. The Hall–Kier alpha value is -3.77. The third kappa shape index (κ3) is 9.27. The zero-order chi connectivity index (χ0) is 34.3. The first-order chi connectivity index (χ1) is 23.7. The highest BCUT2D eigenvalue weighted by Crippen LogP contribution is 2.28. The molecule has 8 rings (SSSR count). The second kappa shape index (κ2) is 16.3. The van der Waals surface area contributed by atoms with Crippen molar-refractivity contribution in [2.45, 2.75) is 75.5 Å². The van der Waals surface area contributed by atoms with Gasteiger partial charge in [0.15, 0.2) is 11.3 Å². The van der Waals surface area contributed by atoms with Crippen LogP contribution in [0, 0.1) is 0 Å². The highest BCUT2D eigenvalue weighted by molar-refractivity contribution is 6.31. The van der Waals surface area contributed by atoms with Crippen molar-refractivity contribution in [3.05, 3.63) is 101 Å². The number of nitrogens with two attached hydrogens (primary N) is 3. The van der Waals surface area contributed by atoms with Gasteiger partial charge >= 0.3 is 0 Å². The minimum Gasteiger partial charge on any atom is -0.367 e. The number of fused-ring (bicyclic) bond motifs is 2. The smallest absolute Gasteiger partial charge is 0.165 e. The van der Waals surface area contributed by atoms with Gasteiger partial charge in [-0.1, -0.05) is 65.5 Å². The maximum absolute atomic E-state index is 6.11. The van der Waals surface area contributed by atoms with Crippen molar-refractivity contribution in [3.63, 3.8) is 0 Å². The van der Waals surface area contributed by atoms with Gasteiger partial charge in [-0.05, 0) is 93.0 Å². The summed E-state index contributed by atoms with van der Waals surface area (Å²) in [5.74, 6) is 0.866. The van der Waals surface area contributed by atoms with E-state index in [-0.39, 0.29) is 6.04 Å². The van der Waals surface area contributed by atoms with Crippen molar-refractivity contribution >= 4 is 51.9 Å². The fraction of sp³-hybridized carbons (Fsp3) is 0.333. The Morgan fingerprint density at radius 1 is 0.735 bits per heavy atom. The lowest BCUT2D eigenvalue weighted by molar-refractivity contribution is 0.392. The lowest BCUT2D eigenvalue weighted by Gasteiger charge is -2.27. The molecule has 7 N–H and O–H groups in total. The van der Waals surface area contributed by atoms with Crippen molar-refractivity contribution in [2.24, 2.45) is 17.2 Å². The van der Waals surface area contributed by atoms with Crippen molar-refractivity contribution in [1.29, 1.82) is 0 Å². The topological polar surface area (TPSA) is 150 Å². The normalized spacial score (nSPS) is 20.6. The van der Waals surface area contributed by atoms with Crippen LogP contribution in [0.4, 0.5) is 5.82 Å². The minimum absolute atomic E-state index is 0.289. The van der Waals surface area contributed by atoms with Crippen LogP contribution in [0.5, 0.6) is 0 Å². The minimum atomic E-state index is 0.289. The molecule has 256 valence electrons. The van der Waals surface area contributed by atoms with Crippen molar-refractivity contribution in [2.75, 3.05) is 5.32 Å². The molecule has 0 aliphatic heterocycles. The number of halogens is 3. The number of nitrogens with zero attached hydrogens (tertiary/aromatic N) is 6. The van der Waals surface area contributed by atoms with E-state index in [0.717, 1.165) is 65.2 Å². The Bertz CT molecular complexity index is 1990. The molecule has 0 radical (unpaired) electrons. The van der Waals surface area contributed by atoms with E-state index < -0.39 is 0 Å². The van der Waals surface area contributed by atoms with Gasteiger partial charge in [0.25, 0.3) is 0 Å². The number of benzene rings is 2. The van der Waals surface area contributed by atoms with Gasteiger partial charge in [-0.2, -0.15) is 10.2 Å². The number of aromatic nitrogens is 6. The average Bonchev–Trinajstić information content (AvgIpc) is 3.69. The Kier molecular flexibility index (Phi) is 11.7. The zero-order valence-electron chi connectivity index (χ0n) is 27.1. The third-order valence-corrected chi connectivity index (χ3v) is 9.45. The maximum Gasteiger partial charge on any atom is 0.165 e. The second-order valence-electron chi connectivity index (χ2n) is 12.7. The molecule has 4 heterocycles. The first-order valence-electron chi connectivity index (χ1n) is 16.6. The SMILES string of the molecule is Clc1cccc(-c2cnc3ccc(Cl)nn23)c1.NC1CCCC(N)C1.NC1CCCC(Nc2ccn3ncc(-c4cccc(Cl)c4)c3n2)C1. The molecule has 2 aliphatic rings. The van der Waals surface area contributed by atoms with Crippen LogP contribution in [-0.2, 0) is 0 Å². The Labute approximate surface area is 301 Å². The van der Waals surface area contributed by atoms with Crippen LogP contribution >= 0.6 is 34.8 Å². The van der Waals surface area contributed by atoms with E-state index in [9.17, 15) is 0 Å². The molecule has 2 fully saturated rings. The van der Waals surface area contributed by atoms with E-state index in [1.54, 1.807) is 21.3 Å². The summed E-state index contributed by atoms with van der Waals surface area (Å²) in [6.07, 6.45) is 14.5. The van der Waals surface area contributed by atoms with Gasteiger partial charge in [0.1, 0.15) is 11.0 Å². The molecular formula is C36H41Cl3N10. The molecular weight excluding hydrogens is 679 g/mol. The summed E-state index contributed by atoms with van der Waals surface area (Å²) in [5.41, 5.74) is 22.8. The van der Waals surface area contributed by atoms with Crippen LogP contribution < -0.4 is 22.5 Å². The van der Waals surface area contributed by atoms with E-state index >= 15 is 0 Å². The van der Waals surface area contributed by atoms with Crippen molar-refractivity contribution < 1.29 is 0 Å². The number of nitrogens with one attached hydrogen (secondary N) is 1. The van der Waals surface area contributed by atoms with Crippen LogP contribution in [0.3, 0.4) is 0 Å². The molecule has 4 aromatic heterocycles. The van der Waals surface area contributed by atoms with Crippen LogP contribution in [-0.4, -0.2) is 53.4 Å². The average molecular weight is 720 g/mol.